The first-order valence-corrected chi connectivity index (χ1v) is 4.83. The average Bonchev–Trinajstić information content (AvgIpc) is 2.12. The molecule has 1 nitrogen and oxygen atoms in total. The van der Waals surface area contributed by atoms with Gasteiger partial charge in [0.2, 0.25) is 0 Å². The summed E-state index contributed by atoms with van der Waals surface area (Å²) in [5.74, 6) is 1.16. The molecule has 1 aliphatic heterocycles. The van der Waals surface area contributed by atoms with Crippen LogP contribution in [0.1, 0.15) is 0 Å². The smallest absolute Gasteiger partial charge is 0.0447 e. The van der Waals surface area contributed by atoms with Gasteiger partial charge in [-0.3, -0.25) is 0 Å². The van der Waals surface area contributed by atoms with Crippen LogP contribution in [0.4, 0.5) is 0 Å². The second-order valence-electron chi connectivity index (χ2n) is 1.86. The maximum absolute atomic E-state index is 2.20. The third-order valence-electron chi connectivity index (χ3n) is 1.03. The van der Waals surface area contributed by atoms with Gasteiger partial charge in [0.1, 0.15) is 0 Å². The summed E-state index contributed by atoms with van der Waals surface area (Å²) in [6.07, 6.45) is 0. The molecular weight excluding hydrogens is 138 g/mol. The van der Waals surface area contributed by atoms with E-state index in [1.54, 1.807) is 0 Å². The average molecular weight is 147 g/mol. The highest BCUT2D eigenvalue weighted by molar-refractivity contribution is 8.78. The fraction of sp³-hybridized carbons (Fsp3) is 0.600. The van der Waals surface area contributed by atoms with Gasteiger partial charge < -0.3 is 4.90 Å². The predicted molar refractivity (Wildman–Crippen MR) is 41.8 cm³/mol. The van der Waals surface area contributed by atoms with Crippen molar-refractivity contribution in [2.75, 3.05) is 19.8 Å². The second-order valence-corrected chi connectivity index (χ2v) is 4.10. The van der Waals surface area contributed by atoms with Crippen molar-refractivity contribution in [1.29, 1.82) is 0 Å². The van der Waals surface area contributed by atoms with Gasteiger partial charge in [0.25, 0.3) is 0 Å². The molecule has 0 unspecified atom stereocenters. The molecule has 0 saturated carbocycles. The molecule has 3 heteroatoms. The Hall–Kier alpha value is 0.240. The van der Waals surface area contributed by atoms with Gasteiger partial charge in [0, 0.05) is 31.0 Å². The van der Waals surface area contributed by atoms with Gasteiger partial charge in [-0.2, -0.15) is 0 Å². The van der Waals surface area contributed by atoms with Crippen molar-refractivity contribution < 1.29 is 0 Å². The highest BCUT2D eigenvalue weighted by Crippen LogP contribution is 2.33. The topological polar surface area (TPSA) is 3.24 Å². The molecule has 0 fully saturated rings. The van der Waals surface area contributed by atoms with E-state index in [-0.39, 0.29) is 0 Å². The van der Waals surface area contributed by atoms with Gasteiger partial charge in [-0.05, 0) is 0 Å². The Morgan fingerprint density at radius 2 is 2.38 bits per heavy atom. The highest BCUT2D eigenvalue weighted by Gasteiger charge is 2.05. The normalized spacial score (nSPS) is 18.5. The minimum absolute atomic E-state index is 1.16. The lowest BCUT2D eigenvalue weighted by Crippen LogP contribution is -2.10. The summed E-state index contributed by atoms with van der Waals surface area (Å²) in [5.41, 5.74) is 1.43. The van der Waals surface area contributed by atoms with E-state index in [1.807, 2.05) is 21.6 Å². The van der Waals surface area contributed by atoms with E-state index in [0.717, 1.165) is 5.75 Å². The molecule has 46 valence electrons. The van der Waals surface area contributed by atoms with Crippen LogP contribution in [0.15, 0.2) is 11.1 Å². The van der Waals surface area contributed by atoms with E-state index < -0.39 is 0 Å². The Morgan fingerprint density at radius 1 is 1.62 bits per heavy atom. The summed E-state index contributed by atoms with van der Waals surface area (Å²) >= 11 is 0. The highest BCUT2D eigenvalue weighted by atomic mass is 33.1. The van der Waals surface area contributed by atoms with Crippen LogP contribution in [0, 0.1) is 0 Å². The zero-order chi connectivity index (χ0) is 5.98. The largest absolute Gasteiger partial charge is 0.380 e. The molecule has 0 saturated heterocycles. The third-order valence-corrected chi connectivity index (χ3v) is 3.00. The van der Waals surface area contributed by atoms with E-state index in [0.29, 0.717) is 0 Å². The molecule has 0 radical (unpaired) electrons. The van der Waals surface area contributed by atoms with Gasteiger partial charge in [0.05, 0.1) is 0 Å². The molecule has 8 heavy (non-hydrogen) atoms. The lowest BCUT2D eigenvalue weighted by Gasteiger charge is -2.10. The van der Waals surface area contributed by atoms with Crippen LogP contribution in [0.3, 0.4) is 0 Å². The van der Waals surface area contributed by atoms with E-state index in [1.165, 1.54) is 5.70 Å². The Balaban J connectivity index is 2.45. The number of rotatable bonds is 1. The van der Waals surface area contributed by atoms with Gasteiger partial charge in [-0.25, -0.2) is 0 Å². The van der Waals surface area contributed by atoms with Crippen molar-refractivity contribution in [1.82, 2.24) is 4.90 Å². The van der Waals surface area contributed by atoms with Crippen molar-refractivity contribution in [2.45, 2.75) is 0 Å². The minimum atomic E-state index is 1.16. The summed E-state index contributed by atoms with van der Waals surface area (Å²) in [7, 11) is 7.88. The molecule has 1 rings (SSSR count). The van der Waals surface area contributed by atoms with Crippen LogP contribution < -0.4 is 0 Å². The standard InChI is InChI=1S/C5H9NS2/c1-6(2)5-3-7-8-4-5/h3H,4H2,1-2H3. The molecule has 1 aliphatic rings. The van der Waals surface area contributed by atoms with E-state index in [4.69, 9.17) is 0 Å². The van der Waals surface area contributed by atoms with Crippen molar-refractivity contribution >= 4 is 21.6 Å². The molecule has 0 aromatic carbocycles. The first kappa shape index (κ1) is 6.36. The lowest BCUT2D eigenvalue weighted by molar-refractivity contribution is 0.519. The predicted octanol–water partition coefficient (Wildman–Crippen LogP) is 1.78. The van der Waals surface area contributed by atoms with Crippen molar-refractivity contribution in [3.05, 3.63) is 11.1 Å². The molecule has 0 aromatic rings. The van der Waals surface area contributed by atoms with Gasteiger partial charge >= 0.3 is 0 Å². The fourth-order valence-corrected chi connectivity index (χ4v) is 2.67. The summed E-state index contributed by atoms with van der Waals surface area (Å²) in [4.78, 5) is 2.16. The van der Waals surface area contributed by atoms with Gasteiger partial charge in [0.15, 0.2) is 0 Å². The van der Waals surface area contributed by atoms with Crippen LogP contribution in [-0.2, 0) is 0 Å². The Kier molecular flexibility index (Phi) is 2.14. The van der Waals surface area contributed by atoms with Crippen molar-refractivity contribution in [3.63, 3.8) is 0 Å². The van der Waals surface area contributed by atoms with Crippen LogP contribution in [-0.4, -0.2) is 24.7 Å². The first-order chi connectivity index (χ1) is 3.80. The molecular formula is C5H9NS2. The van der Waals surface area contributed by atoms with Crippen LogP contribution in [0.5, 0.6) is 0 Å². The molecule has 0 aromatic heterocycles. The molecule has 0 bridgehead atoms. The number of nitrogens with zero attached hydrogens (tertiary/aromatic N) is 1. The molecule has 0 aliphatic carbocycles. The van der Waals surface area contributed by atoms with Crippen molar-refractivity contribution in [3.8, 4) is 0 Å². The fourth-order valence-electron chi connectivity index (χ4n) is 0.452. The lowest BCUT2D eigenvalue weighted by atomic mass is 10.5. The summed E-state index contributed by atoms with van der Waals surface area (Å²) in [6, 6.07) is 0. The van der Waals surface area contributed by atoms with E-state index in [9.17, 15) is 0 Å². The Morgan fingerprint density at radius 3 is 2.62 bits per heavy atom. The molecule has 0 atom stereocenters. The van der Waals surface area contributed by atoms with Crippen LogP contribution >= 0.6 is 21.6 Å². The summed E-state index contributed by atoms with van der Waals surface area (Å²) in [5, 5.41) is 2.20. The van der Waals surface area contributed by atoms with Crippen LogP contribution in [0.25, 0.3) is 0 Å². The van der Waals surface area contributed by atoms with Gasteiger partial charge in [-0.15, -0.1) is 0 Å². The number of hydrogen-bond donors (Lipinski definition) is 0. The quantitative estimate of drug-likeness (QED) is 0.521. The maximum Gasteiger partial charge on any atom is 0.0447 e. The molecule has 0 amide bonds. The first-order valence-electron chi connectivity index (χ1n) is 2.45. The second kappa shape index (κ2) is 2.69. The Bertz CT molecular complexity index is 109. The number of hydrogen-bond acceptors (Lipinski definition) is 3. The third kappa shape index (κ3) is 1.36. The molecule has 0 spiro atoms. The van der Waals surface area contributed by atoms with Gasteiger partial charge in [-0.1, -0.05) is 21.6 Å². The minimum Gasteiger partial charge on any atom is -0.380 e. The zero-order valence-corrected chi connectivity index (χ0v) is 6.68. The van der Waals surface area contributed by atoms with Crippen LogP contribution in [0.2, 0.25) is 0 Å². The molecule has 0 N–H and O–H groups in total. The monoisotopic (exact) mass is 147 g/mol. The summed E-state index contributed by atoms with van der Waals surface area (Å²) in [6.45, 7) is 0. The SMILES string of the molecule is CN(C)C1=CSSC1. The van der Waals surface area contributed by atoms with E-state index in [2.05, 4.69) is 24.4 Å². The van der Waals surface area contributed by atoms with Crippen molar-refractivity contribution in [2.24, 2.45) is 0 Å². The zero-order valence-electron chi connectivity index (χ0n) is 5.05. The molecule has 1 heterocycles. The maximum atomic E-state index is 2.20. The Labute approximate surface area is 57.9 Å². The summed E-state index contributed by atoms with van der Waals surface area (Å²) < 4.78 is 0. The van der Waals surface area contributed by atoms with E-state index >= 15 is 0 Å².